The number of amides is 1. The molecule has 1 aliphatic heterocycles. The van der Waals surface area contributed by atoms with Crippen molar-refractivity contribution >= 4 is 5.91 Å². The van der Waals surface area contributed by atoms with E-state index in [0.29, 0.717) is 31.7 Å². The van der Waals surface area contributed by atoms with E-state index in [-0.39, 0.29) is 11.7 Å². The Hall–Kier alpha value is -1.46. The summed E-state index contributed by atoms with van der Waals surface area (Å²) in [4.78, 5) is 14.3. The number of ether oxygens (including phenoxy) is 1. The molecule has 1 heterocycles. The van der Waals surface area contributed by atoms with Crippen LogP contribution in [-0.2, 0) is 9.53 Å². The van der Waals surface area contributed by atoms with Crippen LogP contribution in [0.2, 0.25) is 0 Å². The Morgan fingerprint density at radius 1 is 1.38 bits per heavy atom. The average Bonchev–Trinajstić information content (AvgIpc) is 2.73. The molecule has 0 aromatic heterocycles. The van der Waals surface area contributed by atoms with Gasteiger partial charge in [-0.3, -0.25) is 10.1 Å². The van der Waals surface area contributed by atoms with Crippen LogP contribution in [-0.4, -0.2) is 36.1 Å². The molecule has 1 aliphatic rings. The summed E-state index contributed by atoms with van der Waals surface area (Å²) in [7, 11) is 0. The van der Waals surface area contributed by atoms with Gasteiger partial charge in [0.15, 0.2) is 0 Å². The van der Waals surface area contributed by atoms with Gasteiger partial charge in [0.1, 0.15) is 12.0 Å². The topological polar surface area (TPSA) is 41.6 Å². The van der Waals surface area contributed by atoms with Crippen molar-refractivity contribution in [3.8, 4) is 0 Å². The molecule has 2 unspecified atom stereocenters. The normalized spacial score (nSPS) is 25.6. The molecule has 21 heavy (non-hydrogen) atoms. The van der Waals surface area contributed by atoms with E-state index in [2.05, 4.69) is 5.32 Å². The third kappa shape index (κ3) is 3.09. The summed E-state index contributed by atoms with van der Waals surface area (Å²) in [5.74, 6) is -0.303. The molecule has 116 valence electrons. The van der Waals surface area contributed by atoms with Crippen LogP contribution in [0.5, 0.6) is 0 Å². The summed E-state index contributed by atoms with van der Waals surface area (Å²) in [6.45, 7) is 7.24. The van der Waals surface area contributed by atoms with Crippen molar-refractivity contribution in [1.29, 1.82) is 0 Å². The largest absolute Gasteiger partial charge is 0.380 e. The third-order valence-electron chi connectivity index (χ3n) is 4.09. The number of carbonyl (C=O) groups excluding carboxylic acids is 1. The highest BCUT2D eigenvalue weighted by Crippen LogP contribution is 2.33. The van der Waals surface area contributed by atoms with Crippen LogP contribution >= 0.6 is 0 Å². The lowest BCUT2D eigenvalue weighted by atomic mass is 9.99. The third-order valence-corrected chi connectivity index (χ3v) is 4.09. The fourth-order valence-corrected chi connectivity index (χ4v) is 2.61. The zero-order chi connectivity index (χ0) is 15.5. The van der Waals surface area contributed by atoms with Gasteiger partial charge < -0.3 is 9.64 Å². The maximum Gasteiger partial charge on any atom is 0.244 e. The minimum atomic E-state index is -0.654. The van der Waals surface area contributed by atoms with Crippen LogP contribution in [0, 0.1) is 5.82 Å². The second kappa shape index (κ2) is 6.54. The Bertz CT molecular complexity index is 509. The average molecular weight is 294 g/mol. The van der Waals surface area contributed by atoms with Gasteiger partial charge in [0, 0.05) is 18.7 Å². The summed E-state index contributed by atoms with van der Waals surface area (Å²) in [5, 5.41) is 3.28. The summed E-state index contributed by atoms with van der Waals surface area (Å²) >= 11 is 0. The second-order valence-corrected chi connectivity index (χ2v) is 5.45. The molecule has 0 radical (unpaired) electrons. The van der Waals surface area contributed by atoms with Gasteiger partial charge in [-0.2, -0.15) is 0 Å². The molecule has 4 nitrogen and oxygen atoms in total. The van der Waals surface area contributed by atoms with Gasteiger partial charge >= 0.3 is 0 Å². The van der Waals surface area contributed by atoms with Gasteiger partial charge in [0.25, 0.3) is 0 Å². The Labute approximate surface area is 125 Å². The number of benzene rings is 1. The fourth-order valence-electron chi connectivity index (χ4n) is 2.61. The van der Waals surface area contributed by atoms with Crippen LogP contribution in [0.1, 0.15) is 38.9 Å². The zero-order valence-corrected chi connectivity index (χ0v) is 12.9. The first-order valence-electron chi connectivity index (χ1n) is 7.44. The second-order valence-electron chi connectivity index (χ2n) is 5.45. The Kier molecular flexibility index (Phi) is 4.96. The smallest absolute Gasteiger partial charge is 0.244 e. The standard InChI is InChI=1S/C16H23FN2O2/c1-4-16(3)15(20)19(10-11-21-5-2)14(18-16)12-8-6-7-9-13(12)17/h6-9,14,18H,4-5,10-11H2,1-3H3. The van der Waals surface area contributed by atoms with E-state index in [1.54, 1.807) is 23.1 Å². The molecule has 1 aromatic rings. The minimum Gasteiger partial charge on any atom is -0.380 e. The van der Waals surface area contributed by atoms with E-state index < -0.39 is 11.7 Å². The van der Waals surface area contributed by atoms with Crippen LogP contribution in [0.4, 0.5) is 4.39 Å². The molecule has 0 spiro atoms. The monoisotopic (exact) mass is 294 g/mol. The molecular formula is C16H23FN2O2. The Morgan fingerprint density at radius 2 is 2.10 bits per heavy atom. The Balaban J connectivity index is 2.28. The fraction of sp³-hybridized carbons (Fsp3) is 0.562. The first-order valence-corrected chi connectivity index (χ1v) is 7.44. The van der Waals surface area contributed by atoms with Gasteiger partial charge in [0.05, 0.1) is 12.1 Å². The van der Waals surface area contributed by atoms with Gasteiger partial charge in [0.2, 0.25) is 5.91 Å². The highest BCUT2D eigenvalue weighted by Gasteiger charge is 2.47. The van der Waals surface area contributed by atoms with Crippen LogP contribution < -0.4 is 5.32 Å². The molecule has 0 bridgehead atoms. The Morgan fingerprint density at radius 3 is 2.71 bits per heavy atom. The molecule has 1 saturated heterocycles. The van der Waals surface area contributed by atoms with Crippen LogP contribution in [0.3, 0.4) is 0 Å². The van der Waals surface area contributed by atoms with E-state index in [0.717, 1.165) is 0 Å². The van der Waals surface area contributed by atoms with E-state index in [9.17, 15) is 9.18 Å². The van der Waals surface area contributed by atoms with E-state index in [4.69, 9.17) is 4.74 Å². The highest BCUT2D eigenvalue weighted by molar-refractivity contribution is 5.88. The summed E-state index contributed by atoms with van der Waals surface area (Å²) in [5.41, 5.74) is -0.154. The number of nitrogens with one attached hydrogen (secondary N) is 1. The van der Waals surface area contributed by atoms with Crippen molar-refractivity contribution in [3.05, 3.63) is 35.6 Å². The van der Waals surface area contributed by atoms with Crippen molar-refractivity contribution in [2.75, 3.05) is 19.8 Å². The predicted molar refractivity (Wildman–Crippen MR) is 79.2 cm³/mol. The molecule has 1 N–H and O–H groups in total. The van der Waals surface area contributed by atoms with Crippen LogP contribution in [0.15, 0.2) is 24.3 Å². The maximum atomic E-state index is 14.1. The lowest BCUT2D eigenvalue weighted by Gasteiger charge is -2.24. The van der Waals surface area contributed by atoms with Crippen LogP contribution in [0.25, 0.3) is 0 Å². The van der Waals surface area contributed by atoms with Crippen molar-refractivity contribution in [3.63, 3.8) is 0 Å². The summed E-state index contributed by atoms with van der Waals surface area (Å²) in [6.07, 6.45) is 0.214. The van der Waals surface area contributed by atoms with Crippen molar-refractivity contribution < 1.29 is 13.9 Å². The lowest BCUT2D eigenvalue weighted by molar-refractivity contribution is -0.133. The number of nitrogens with zero attached hydrogens (tertiary/aromatic N) is 1. The van der Waals surface area contributed by atoms with Gasteiger partial charge in [-0.05, 0) is 26.3 Å². The highest BCUT2D eigenvalue weighted by atomic mass is 19.1. The first kappa shape index (κ1) is 15.9. The maximum absolute atomic E-state index is 14.1. The minimum absolute atomic E-state index is 0.00189. The predicted octanol–water partition coefficient (Wildman–Crippen LogP) is 2.46. The quantitative estimate of drug-likeness (QED) is 0.820. The number of hydrogen-bond donors (Lipinski definition) is 1. The molecule has 2 rings (SSSR count). The first-order chi connectivity index (χ1) is 10.0. The molecule has 0 aliphatic carbocycles. The molecule has 1 aromatic carbocycles. The molecule has 2 atom stereocenters. The van der Waals surface area contributed by atoms with Gasteiger partial charge in [-0.15, -0.1) is 0 Å². The van der Waals surface area contributed by atoms with E-state index in [1.165, 1.54) is 6.07 Å². The summed E-state index contributed by atoms with van der Waals surface area (Å²) < 4.78 is 19.4. The van der Waals surface area contributed by atoms with Crippen molar-refractivity contribution in [2.24, 2.45) is 0 Å². The SMILES string of the molecule is CCOCCN1C(=O)C(C)(CC)NC1c1ccccc1F. The number of halogens is 1. The van der Waals surface area contributed by atoms with Gasteiger partial charge in [-0.1, -0.05) is 25.1 Å². The van der Waals surface area contributed by atoms with Gasteiger partial charge in [-0.25, -0.2) is 4.39 Å². The molecular weight excluding hydrogens is 271 g/mol. The summed E-state index contributed by atoms with van der Waals surface area (Å²) in [6, 6.07) is 6.57. The van der Waals surface area contributed by atoms with Crippen molar-refractivity contribution in [1.82, 2.24) is 10.2 Å². The van der Waals surface area contributed by atoms with E-state index in [1.807, 2.05) is 20.8 Å². The molecule has 1 amide bonds. The molecule has 0 saturated carbocycles. The van der Waals surface area contributed by atoms with Crippen molar-refractivity contribution in [2.45, 2.75) is 38.9 Å². The molecule has 1 fully saturated rings. The van der Waals surface area contributed by atoms with E-state index >= 15 is 0 Å². The zero-order valence-electron chi connectivity index (χ0n) is 12.9. The number of hydrogen-bond acceptors (Lipinski definition) is 3. The molecule has 5 heteroatoms. The lowest BCUT2D eigenvalue weighted by Crippen LogP contribution is -2.43. The number of carbonyl (C=O) groups is 1. The number of rotatable bonds is 6.